The van der Waals surface area contributed by atoms with Crippen molar-refractivity contribution in [2.75, 3.05) is 6.54 Å². The summed E-state index contributed by atoms with van der Waals surface area (Å²) in [6.07, 6.45) is 8.21. The molecule has 1 aliphatic carbocycles. The summed E-state index contributed by atoms with van der Waals surface area (Å²) in [5.41, 5.74) is 1.76. The number of rotatable bonds is 4. The topological polar surface area (TPSA) is 60.1 Å². The maximum absolute atomic E-state index is 12.4. The van der Waals surface area contributed by atoms with Crippen LogP contribution in [0.4, 0.5) is 0 Å². The van der Waals surface area contributed by atoms with Crippen molar-refractivity contribution >= 4 is 5.91 Å². The normalized spacial score (nSPS) is 20.7. The molecule has 1 atom stereocenters. The molecule has 2 aromatic heterocycles. The van der Waals surface area contributed by atoms with Crippen LogP contribution in [0.25, 0.3) is 0 Å². The number of nitrogens with zero attached hydrogens (tertiary/aromatic N) is 2. The molecule has 1 aliphatic heterocycles. The summed E-state index contributed by atoms with van der Waals surface area (Å²) in [4.78, 5) is 17.0. The van der Waals surface area contributed by atoms with Crippen molar-refractivity contribution in [3.05, 3.63) is 41.4 Å². The highest BCUT2D eigenvalue weighted by molar-refractivity contribution is 5.95. The number of aromatic nitrogens is 2. The predicted octanol–water partition coefficient (Wildman–Crippen LogP) is 2.97. The van der Waals surface area contributed by atoms with Gasteiger partial charge in [0, 0.05) is 31.1 Å². The number of aryl methyl sites for hydroxylation is 2. The van der Waals surface area contributed by atoms with E-state index in [4.69, 9.17) is 4.42 Å². The molecule has 0 aromatic carbocycles. The third kappa shape index (κ3) is 2.45. The van der Waals surface area contributed by atoms with Gasteiger partial charge in [-0.1, -0.05) is 0 Å². The van der Waals surface area contributed by atoms with E-state index in [0.29, 0.717) is 23.9 Å². The molecule has 0 radical (unpaired) electrons. The summed E-state index contributed by atoms with van der Waals surface area (Å²) in [6.45, 7) is 3.70. The minimum absolute atomic E-state index is 0.0175. The van der Waals surface area contributed by atoms with Gasteiger partial charge in [-0.05, 0) is 38.7 Å². The Morgan fingerprint density at radius 2 is 2.32 bits per heavy atom. The third-order valence-corrected chi connectivity index (χ3v) is 4.64. The van der Waals surface area contributed by atoms with E-state index in [0.717, 1.165) is 49.5 Å². The van der Waals surface area contributed by atoms with Crippen molar-refractivity contribution in [1.82, 2.24) is 14.9 Å². The van der Waals surface area contributed by atoms with Gasteiger partial charge in [-0.3, -0.25) is 4.79 Å². The first kappa shape index (κ1) is 13.6. The van der Waals surface area contributed by atoms with E-state index in [2.05, 4.69) is 21.1 Å². The molecule has 1 N–H and O–H groups in total. The van der Waals surface area contributed by atoms with Crippen LogP contribution in [-0.2, 0) is 6.54 Å². The van der Waals surface area contributed by atoms with Crippen molar-refractivity contribution in [3.8, 4) is 0 Å². The first-order chi connectivity index (χ1) is 10.7. The molecule has 0 spiro atoms. The number of hydrogen-bond acceptors (Lipinski definition) is 3. The van der Waals surface area contributed by atoms with Crippen LogP contribution < -0.4 is 5.32 Å². The maximum atomic E-state index is 12.4. The Labute approximate surface area is 129 Å². The van der Waals surface area contributed by atoms with Crippen molar-refractivity contribution in [2.24, 2.45) is 0 Å². The average molecular weight is 299 g/mol. The third-order valence-electron chi connectivity index (χ3n) is 4.64. The highest BCUT2D eigenvalue weighted by Crippen LogP contribution is 2.42. The Balaban J connectivity index is 1.44. The fraction of sp³-hybridized carbons (Fsp3) is 0.529. The van der Waals surface area contributed by atoms with Gasteiger partial charge in [0.05, 0.1) is 17.5 Å². The van der Waals surface area contributed by atoms with Crippen LogP contribution in [0.3, 0.4) is 0 Å². The number of carbonyl (C=O) groups excluding carboxylic acids is 1. The second-order valence-corrected chi connectivity index (χ2v) is 6.46. The van der Waals surface area contributed by atoms with Crippen molar-refractivity contribution in [1.29, 1.82) is 0 Å². The quantitative estimate of drug-likeness (QED) is 0.944. The lowest BCUT2D eigenvalue weighted by atomic mass is 9.99. The van der Waals surface area contributed by atoms with Gasteiger partial charge in [0.15, 0.2) is 0 Å². The summed E-state index contributed by atoms with van der Waals surface area (Å²) in [7, 11) is 0. The molecule has 1 fully saturated rings. The molecule has 1 amide bonds. The van der Waals surface area contributed by atoms with Crippen LogP contribution in [0.2, 0.25) is 0 Å². The molecular formula is C17H21N3O2. The number of amides is 1. The van der Waals surface area contributed by atoms with Crippen LogP contribution in [0, 0.1) is 6.92 Å². The van der Waals surface area contributed by atoms with Crippen molar-refractivity contribution < 1.29 is 9.21 Å². The minimum atomic E-state index is -0.0175. The number of nitrogens with one attached hydrogen (secondary N) is 1. The Kier molecular flexibility index (Phi) is 3.28. The number of carbonyl (C=O) groups is 1. The van der Waals surface area contributed by atoms with Gasteiger partial charge in [0.2, 0.25) is 0 Å². The number of fused-ring (bicyclic) bond motifs is 1. The summed E-state index contributed by atoms with van der Waals surface area (Å²) in [5.74, 6) is 2.71. The molecule has 4 rings (SSSR count). The highest BCUT2D eigenvalue weighted by atomic mass is 16.3. The molecular weight excluding hydrogens is 278 g/mol. The summed E-state index contributed by atoms with van der Waals surface area (Å²) in [6, 6.07) is 1.79. The van der Waals surface area contributed by atoms with Crippen LogP contribution in [-0.4, -0.2) is 22.0 Å². The Morgan fingerprint density at radius 1 is 1.45 bits per heavy atom. The van der Waals surface area contributed by atoms with E-state index in [9.17, 15) is 4.79 Å². The van der Waals surface area contributed by atoms with E-state index >= 15 is 0 Å². The van der Waals surface area contributed by atoms with Crippen molar-refractivity contribution in [2.45, 2.75) is 51.0 Å². The van der Waals surface area contributed by atoms with E-state index in [-0.39, 0.29) is 5.91 Å². The fourth-order valence-electron chi connectivity index (χ4n) is 3.38. The SMILES string of the molecule is Cc1cn2c(n1)[C@@H](CNC(=O)c1ccoc1C1CC1)CCC2. The molecule has 2 aromatic rings. The number of furan rings is 1. The molecule has 5 heteroatoms. The van der Waals surface area contributed by atoms with Gasteiger partial charge in [-0.15, -0.1) is 0 Å². The molecule has 0 unspecified atom stereocenters. The summed E-state index contributed by atoms with van der Waals surface area (Å²) < 4.78 is 7.71. The Hall–Kier alpha value is -2.04. The smallest absolute Gasteiger partial charge is 0.254 e. The molecule has 0 saturated heterocycles. The zero-order chi connectivity index (χ0) is 15.1. The predicted molar refractivity (Wildman–Crippen MR) is 82.0 cm³/mol. The molecule has 3 heterocycles. The monoisotopic (exact) mass is 299 g/mol. The highest BCUT2D eigenvalue weighted by Gasteiger charge is 2.31. The van der Waals surface area contributed by atoms with Crippen LogP contribution in [0.5, 0.6) is 0 Å². The summed E-state index contributed by atoms with van der Waals surface area (Å²) in [5, 5.41) is 3.08. The molecule has 22 heavy (non-hydrogen) atoms. The van der Waals surface area contributed by atoms with Crippen LogP contribution in [0.1, 0.15) is 65.2 Å². The van der Waals surface area contributed by atoms with Gasteiger partial charge in [-0.25, -0.2) is 4.98 Å². The Morgan fingerprint density at radius 3 is 3.14 bits per heavy atom. The van der Waals surface area contributed by atoms with Gasteiger partial charge in [0.1, 0.15) is 11.6 Å². The summed E-state index contributed by atoms with van der Waals surface area (Å²) >= 11 is 0. The second-order valence-electron chi connectivity index (χ2n) is 6.46. The second kappa shape index (κ2) is 5.30. The van der Waals surface area contributed by atoms with E-state index in [1.54, 1.807) is 12.3 Å². The lowest BCUT2D eigenvalue weighted by Crippen LogP contribution is -2.31. The Bertz CT molecular complexity index is 697. The van der Waals surface area contributed by atoms with Gasteiger partial charge < -0.3 is 14.3 Å². The molecule has 0 bridgehead atoms. The standard InChI is InChI=1S/C17H21N3O2/c1-11-10-20-7-2-3-13(16(20)19-11)9-18-17(21)14-6-8-22-15(14)12-4-5-12/h6,8,10,12-13H,2-5,7,9H2,1H3,(H,18,21)/t13-/m1/s1. The van der Waals surface area contributed by atoms with Crippen LogP contribution in [0.15, 0.2) is 22.9 Å². The number of hydrogen-bond donors (Lipinski definition) is 1. The molecule has 1 saturated carbocycles. The van der Waals surface area contributed by atoms with Crippen molar-refractivity contribution in [3.63, 3.8) is 0 Å². The van der Waals surface area contributed by atoms with E-state index in [1.807, 2.05) is 6.92 Å². The molecule has 116 valence electrons. The first-order valence-corrected chi connectivity index (χ1v) is 8.11. The maximum Gasteiger partial charge on any atom is 0.254 e. The largest absolute Gasteiger partial charge is 0.468 e. The zero-order valence-electron chi connectivity index (χ0n) is 12.8. The van der Waals surface area contributed by atoms with Crippen LogP contribution >= 0.6 is 0 Å². The zero-order valence-corrected chi connectivity index (χ0v) is 12.8. The van der Waals surface area contributed by atoms with E-state index < -0.39 is 0 Å². The van der Waals surface area contributed by atoms with Gasteiger partial charge >= 0.3 is 0 Å². The van der Waals surface area contributed by atoms with Gasteiger partial charge in [0.25, 0.3) is 5.91 Å². The lowest BCUT2D eigenvalue weighted by Gasteiger charge is -2.23. The number of imidazole rings is 1. The average Bonchev–Trinajstić information content (AvgIpc) is 3.09. The van der Waals surface area contributed by atoms with E-state index in [1.165, 1.54) is 0 Å². The fourth-order valence-corrected chi connectivity index (χ4v) is 3.38. The first-order valence-electron chi connectivity index (χ1n) is 8.11. The lowest BCUT2D eigenvalue weighted by molar-refractivity contribution is 0.0947. The van der Waals surface area contributed by atoms with Gasteiger partial charge in [-0.2, -0.15) is 0 Å². The molecule has 2 aliphatic rings. The minimum Gasteiger partial charge on any atom is -0.468 e. The molecule has 5 nitrogen and oxygen atoms in total.